The highest BCUT2D eigenvalue weighted by Crippen LogP contribution is 2.31. The van der Waals surface area contributed by atoms with Gasteiger partial charge in [-0.15, -0.1) is 0 Å². The second-order valence-corrected chi connectivity index (χ2v) is 5.00. The third-order valence-corrected chi connectivity index (χ3v) is 3.37. The third-order valence-electron chi connectivity index (χ3n) is 3.37. The van der Waals surface area contributed by atoms with Crippen LogP contribution in [0.3, 0.4) is 0 Å². The van der Waals surface area contributed by atoms with E-state index in [4.69, 9.17) is 5.26 Å². The fraction of sp³-hybridized carbons (Fsp3) is 0.250. The van der Waals surface area contributed by atoms with E-state index in [1.807, 2.05) is 6.07 Å². The Balaban J connectivity index is 2.02. The molecule has 0 saturated carbocycles. The molecule has 1 aromatic heterocycles. The van der Waals surface area contributed by atoms with E-state index < -0.39 is 17.6 Å². The highest BCUT2D eigenvalue weighted by atomic mass is 19.4. The first-order chi connectivity index (χ1) is 10.8. The van der Waals surface area contributed by atoms with Gasteiger partial charge in [-0.25, -0.2) is 0 Å². The van der Waals surface area contributed by atoms with Gasteiger partial charge < -0.3 is 9.88 Å². The summed E-state index contributed by atoms with van der Waals surface area (Å²) in [5.41, 5.74) is 0.0653. The van der Waals surface area contributed by atoms with Gasteiger partial charge in [0.2, 0.25) is 0 Å². The number of benzene rings is 1. The molecule has 0 bridgehead atoms. The smallest absolute Gasteiger partial charge is 0.350 e. The van der Waals surface area contributed by atoms with Crippen molar-refractivity contribution in [2.45, 2.75) is 12.6 Å². The van der Waals surface area contributed by atoms with E-state index in [0.29, 0.717) is 5.56 Å². The van der Waals surface area contributed by atoms with E-state index in [9.17, 15) is 18.0 Å². The van der Waals surface area contributed by atoms with E-state index >= 15 is 0 Å². The summed E-state index contributed by atoms with van der Waals surface area (Å²) in [5, 5.41) is 11.4. The number of aromatic nitrogens is 1. The zero-order chi connectivity index (χ0) is 17.0. The summed E-state index contributed by atoms with van der Waals surface area (Å²) in [6.07, 6.45) is -2.84. The highest BCUT2D eigenvalue weighted by Gasteiger charge is 2.32. The highest BCUT2D eigenvalue weighted by molar-refractivity contribution is 5.93. The van der Waals surface area contributed by atoms with Crippen LogP contribution in [0.15, 0.2) is 36.5 Å². The molecule has 23 heavy (non-hydrogen) atoms. The van der Waals surface area contributed by atoms with Crippen LogP contribution in [-0.2, 0) is 19.6 Å². The lowest BCUT2D eigenvalue weighted by molar-refractivity contribution is -0.138. The predicted octanol–water partition coefficient (Wildman–Crippen LogP) is 2.89. The number of hydrogen-bond acceptors (Lipinski definition) is 2. The van der Waals surface area contributed by atoms with Gasteiger partial charge in [-0.1, -0.05) is 18.2 Å². The van der Waals surface area contributed by atoms with Gasteiger partial charge in [0.1, 0.15) is 11.8 Å². The number of rotatable bonds is 4. The summed E-state index contributed by atoms with van der Waals surface area (Å²) in [4.78, 5) is 12.0. The number of nitrogens with one attached hydrogen (secondary N) is 1. The standard InChI is InChI=1S/C16H14F3N3O/c1-22-10-11(9-20)8-14(22)15(23)21-7-6-12-4-2-3-5-13(12)16(17,18)19/h2-5,8,10H,6-7H2,1H3,(H,21,23). The number of carbonyl (C=O) groups is 1. The van der Waals surface area contributed by atoms with Crippen molar-refractivity contribution in [1.82, 2.24) is 9.88 Å². The van der Waals surface area contributed by atoms with Crippen LogP contribution in [-0.4, -0.2) is 17.0 Å². The van der Waals surface area contributed by atoms with Crippen molar-refractivity contribution in [2.24, 2.45) is 7.05 Å². The molecule has 0 radical (unpaired) electrons. The number of amides is 1. The van der Waals surface area contributed by atoms with Gasteiger partial charge in [-0.05, 0) is 24.1 Å². The van der Waals surface area contributed by atoms with Crippen molar-refractivity contribution in [3.8, 4) is 6.07 Å². The topological polar surface area (TPSA) is 57.8 Å². The van der Waals surface area contributed by atoms with E-state index in [2.05, 4.69) is 5.32 Å². The molecular weight excluding hydrogens is 307 g/mol. The van der Waals surface area contributed by atoms with Crippen LogP contribution in [0.5, 0.6) is 0 Å². The van der Waals surface area contributed by atoms with Crippen LogP contribution in [0.2, 0.25) is 0 Å². The number of nitriles is 1. The average molecular weight is 321 g/mol. The minimum absolute atomic E-state index is 0.0664. The number of hydrogen-bond donors (Lipinski definition) is 1. The quantitative estimate of drug-likeness (QED) is 0.941. The Morgan fingerprint density at radius 1 is 1.35 bits per heavy atom. The molecule has 0 atom stereocenters. The zero-order valence-corrected chi connectivity index (χ0v) is 12.3. The lowest BCUT2D eigenvalue weighted by Gasteiger charge is -2.13. The van der Waals surface area contributed by atoms with Gasteiger partial charge in [0, 0.05) is 19.8 Å². The van der Waals surface area contributed by atoms with Gasteiger partial charge in [-0.2, -0.15) is 18.4 Å². The maximum atomic E-state index is 12.9. The first kappa shape index (κ1) is 16.6. The minimum atomic E-state index is -4.42. The molecule has 4 nitrogen and oxygen atoms in total. The fourth-order valence-electron chi connectivity index (χ4n) is 2.27. The summed E-state index contributed by atoms with van der Waals surface area (Å²) in [5.74, 6) is -0.432. The minimum Gasteiger partial charge on any atom is -0.350 e. The number of aryl methyl sites for hydroxylation is 1. The Bertz CT molecular complexity index is 757. The largest absolute Gasteiger partial charge is 0.416 e. The third kappa shape index (κ3) is 3.92. The molecule has 0 aliphatic heterocycles. The molecule has 2 aromatic rings. The molecule has 0 spiro atoms. The number of alkyl halides is 3. The predicted molar refractivity (Wildman–Crippen MR) is 77.6 cm³/mol. The first-order valence-corrected chi connectivity index (χ1v) is 6.82. The molecule has 0 aliphatic rings. The van der Waals surface area contributed by atoms with Crippen LogP contribution in [0, 0.1) is 11.3 Å². The van der Waals surface area contributed by atoms with Crippen molar-refractivity contribution < 1.29 is 18.0 Å². The number of carbonyl (C=O) groups excluding carboxylic acids is 1. The molecule has 1 amide bonds. The number of nitrogens with zero attached hydrogens (tertiary/aromatic N) is 2. The van der Waals surface area contributed by atoms with Crippen LogP contribution in [0.25, 0.3) is 0 Å². The molecule has 7 heteroatoms. The monoisotopic (exact) mass is 321 g/mol. The summed E-state index contributed by atoms with van der Waals surface area (Å²) in [6.45, 7) is 0.0684. The van der Waals surface area contributed by atoms with Crippen molar-refractivity contribution in [2.75, 3.05) is 6.54 Å². The Kier molecular flexibility index (Phi) is 4.74. The molecule has 0 fully saturated rings. The zero-order valence-electron chi connectivity index (χ0n) is 12.3. The van der Waals surface area contributed by atoms with E-state index in [1.54, 1.807) is 7.05 Å². The Morgan fingerprint density at radius 3 is 2.65 bits per heavy atom. The maximum absolute atomic E-state index is 12.9. The molecular formula is C16H14F3N3O. The molecule has 1 aromatic carbocycles. The Morgan fingerprint density at radius 2 is 2.04 bits per heavy atom. The van der Waals surface area contributed by atoms with Crippen LogP contribution in [0.1, 0.15) is 27.2 Å². The van der Waals surface area contributed by atoms with Gasteiger partial charge in [0.05, 0.1) is 11.1 Å². The van der Waals surface area contributed by atoms with Crippen molar-refractivity contribution in [3.63, 3.8) is 0 Å². The van der Waals surface area contributed by atoms with Crippen LogP contribution >= 0.6 is 0 Å². The van der Waals surface area contributed by atoms with E-state index in [-0.39, 0.29) is 24.2 Å². The lowest BCUT2D eigenvalue weighted by atomic mass is 10.0. The average Bonchev–Trinajstić information content (AvgIpc) is 2.88. The SMILES string of the molecule is Cn1cc(C#N)cc1C(=O)NCCc1ccccc1C(F)(F)F. The normalized spacial score (nSPS) is 11.1. The van der Waals surface area contributed by atoms with Gasteiger partial charge in [0.15, 0.2) is 0 Å². The molecule has 1 N–H and O–H groups in total. The van der Waals surface area contributed by atoms with E-state index in [1.165, 1.54) is 35.0 Å². The van der Waals surface area contributed by atoms with Crippen molar-refractivity contribution in [3.05, 3.63) is 58.9 Å². The summed E-state index contributed by atoms with van der Waals surface area (Å²) in [7, 11) is 1.62. The molecule has 0 aliphatic carbocycles. The van der Waals surface area contributed by atoms with Gasteiger partial charge >= 0.3 is 6.18 Å². The van der Waals surface area contributed by atoms with Gasteiger partial charge in [0.25, 0.3) is 5.91 Å². The molecule has 0 unspecified atom stereocenters. The summed E-state index contributed by atoms with van der Waals surface area (Å²) < 4.78 is 40.1. The van der Waals surface area contributed by atoms with Gasteiger partial charge in [-0.3, -0.25) is 4.79 Å². The maximum Gasteiger partial charge on any atom is 0.416 e. The second kappa shape index (κ2) is 6.57. The first-order valence-electron chi connectivity index (χ1n) is 6.82. The van der Waals surface area contributed by atoms with Crippen molar-refractivity contribution in [1.29, 1.82) is 5.26 Å². The Labute approximate surface area is 131 Å². The van der Waals surface area contributed by atoms with Crippen molar-refractivity contribution >= 4 is 5.91 Å². The Hall–Kier alpha value is -2.75. The van der Waals surface area contributed by atoms with E-state index in [0.717, 1.165) is 6.07 Å². The van der Waals surface area contributed by atoms with Crippen LogP contribution < -0.4 is 5.32 Å². The molecule has 120 valence electrons. The molecule has 0 saturated heterocycles. The fourth-order valence-corrected chi connectivity index (χ4v) is 2.27. The molecule has 2 rings (SSSR count). The summed E-state index contributed by atoms with van der Waals surface area (Å²) in [6, 6.07) is 8.63. The number of halogens is 3. The summed E-state index contributed by atoms with van der Waals surface area (Å²) >= 11 is 0. The molecule has 1 heterocycles. The second-order valence-electron chi connectivity index (χ2n) is 5.00. The van der Waals surface area contributed by atoms with Crippen LogP contribution in [0.4, 0.5) is 13.2 Å². The lowest BCUT2D eigenvalue weighted by Crippen LogP contribution is -2.27.